The van der Waals surface area contributed by atoms with Crippen molar-refractivity contribution in [3.63, 3.8) is 0 Å². The summed E-state index contributed by atoms with van der Waals surface area (Å²) in [7, 11) is 0. The normalized spacial score (nSPS) is 10.8. The summed E-state index contributed by atoms with van der Waals surface area (Å²) in [5.41, 5.74) is 5.08. The van der Waals surface area contributed by atoms with Crippen LogP contribution in [0, 0.1) is 20.8 Å². The monoisotopic (exact) mass is 476 g/mol. The van der Waals surface area contributed by atoms with Gasteiger partial charge in [-0.2, -0.15) is 5.10 Å². The first kappa shape index (κ1) is 23.3. The summed E-state index contributed by atoms with van der Waals surface area (Å²) in [4.78, 5) is 25.6. The number of nitrogens with one attached hydrogen (secondary N) is 2. The number of benzene rings is 2. The Balaban J connectivity index is 1.49. The number of aryl methyl sites for hydroxylation is 2. The Morgan fingerprint density at radius 1 is 1.06 bits per heavy atom. The minimum atomic E-state index is -0.302. The third-order valence-electron chi connectivity index (χ3n) is 5.63. The summed E-state index contributed by atoms with van der Waals surface area (Å²) in [5.74, 6) is 0.107. The number of hydrogen-bond acceptors (Lipinski definition) is 4. The zero-order valence-electron chi connectivity index (χ0n) is 19.2. The first-order valence-electron chi connectivity index (χ1n) is 10.8. The third-order valence-corrected chi connectivity index (χ3v) is 6.03. The molecule has 34 heavy (non-hydrogen) atoms. The van der Waals surface area contributed by atoms with E-state index in [1.165, 1.54) is 0 Å². The second-order valence-electron chi connectivity index (χ2n) is 8.03. The lowest BCUT2D eigenvalue weighted by molar-refractivity contribution is -0.115. The number of carbonyl (C=O) groups excluding carboxylic acids is 2. The first-order valence-corrected chi connectivity index (χ1v) is 11.2. The fourth-order valence-corrected chi connectivity index (χ4v) is 3.89. The lowest BCUT2D eigenvalue weighted by Crippen LogP contribution is -2.25. The predicted octanol–water partition coefficient (Wildman–Crippen LogP) is 5.16. The Kier molecular flexibility index (Phi) is 6.84. The van der Waals surface area contributed by atoms with Crippen molar-refractivity contribution in [3.05, 3.63) is 99.7 Å². The van der Waals surface area contributed by atoms with Crippen LogP contribution in [0.25, 0.3) is 5.69 Å². The largest absolute Gasteiger partial charge is 0.467 e. The van der Waals surface area contributed by atoms with Crippen molar-refractivity contribution in [2.24, 2.45) is 0 Å². The molecule has 0 saturated heterocycles. The molecule has 0 bridgehead atoms. The molecule has 0 aliphatic carbocycles. The molecule has 0 spiro atoms. The van der Waals surface area contributed by atoms with Gasteiger partial charge in [-0.05, 0) is 62.7 Å². The van der Waals surface area contributed by atoms with Crippen LogP contribution >= 0.6 is 11.6 Å². The number of halogens is 1. The van der Waals surface area contributed by atoms with E-state index in [0.29, 0.717) is 22.0 Å². The van der Waals surface area contributed by atoms with E-state index in [4.69, 9.17) is 16.0 Å². The predicted molar refractivity (Wildman–Crippen MR) is 131 cm³/mol. The highest BCUT2D eigenvalue weighted by atomic mass is 35.5. The molecule has 0 radical (unpaired) electrons. The standard InChI is InChI=1S/C26H25ClN4O3/c1-16-10-11-19(13-23(16)27)31-18(3)22(17(2)30-31)14-25(32)29-24-9-5-4-8-21(24)26(33)28-15-20-7-6-12-34-20/h4-13H,14-15H2,1-3H3,(H,28,33)(H,29,32). The number of rotatable bonds is 7. The topological polar surface area (TPSA) is 89.2 Å². The molecule has 0 atom stereocenters. The molecule has 0 fully saturated rings. The van der Waals surface area contributed by atoms with Gasteiger partial charge in [0.25, 0.3) is 5.91 Å². The van der Waals surface area contributed by atoms with Crippen molar-refractivity contribution >= 4 is 29.1 Å². The van der Waals surface area contributed by atoms with Crippen molar-refractivity contribution in [2.75, 3.05) is 5.32 Å². The number of anilines is 1. The quantitative estimate of drug-likeness (QED) is 0.386. The van der Waals surface area contributed by atoms with Crippen LogP contribution in [0.3, 0.4) is 0 Å². The number of nitrogens with zero attached hydrogens (tertiary/aromatic N) is 2. The van der Waals surface area contributed by atoms with Gasteiger partial charge in [0.1, 0.15) is 5.76 Å². The summed E-state index contributed by atoms with van der Waals surface area (Å²) < 4.78 is 7.04. The van der Waals surface area contributed by atoms with Gasteiger partial charge in [0.05, 0.1) is 41.9 Å². The van der Waals surface area contributed by atoms with Crippen LogP contribution in [0.1, 0.15) is 38.6 Å². The van der Waals surface area contributed by atoms with Crippen molar-refractivity contribution in [2.45, 2.75) is 33.7 Å². The number of para-hydroxylation sites is 1. The van der Waals surface area contributed by atoms with Gasteiger partial charge in [0.2, 0.25) is 5.91 Å². The molecule has 2 amide bonds. The van der Waals surface area contributed by atoms with Crippen LogP contribution in [-0.4, -0.2) is 21.6 Å². The molecule has 2 N–H and O–H groups in total. The Morgan fingerprint density at radius 3 is 2.59 bits per heavy atom. The molecule has 2 aromatic heterocycles. The second-order valence-corrected chi connectivity index (χ2v) is 8.43. The van der Waals surface area contributed by atoms with Gasteiger partial charge >= 0.3 is 0 Å². The van der Waals surface area contributed by atoms with E-state index in [-0.39, 0.29) is 24.8 Å². The number of carbonyl (C=O) groups is 2. The maximum absolute atomic E-state index is 12.9. The fraction of sp³-hybridized carbons (Fsp3) is 0.192. The highest BCUT2D eigenvalue weighted by Crippen LogP contribution is 2.24. The Labute approximate surface area is 202 Å². The number of furan rings is 1. The fourth-order valence-electron chi connectivity index (χ4n) is 3.72. The van der Waals surface area contributed by atoms with E-state index in [0.717, 1.165) is 28.2 Å². The van der Waals surface area contributed by atoms with Crippen LogP contribution in [0.2, 0.25) is 5.02 Å². The Bertz CT molecular complexity index is 1340. The molecule has 4 aromatic rings. The molecule has 174 valence electrons. The van der Waals surface area contributed by atoms with Gasteiger partial charge in [-0.3, -0.25) is 9.59 Å². The smallest absolute Gasteiger partial charge is 0.253 e. The lowest BCUT2D eigenvalue weighted by Gasteiger charge is -2.11. The summed E-state index contributed by atoms with van der Waals surface area (Å²) in [6.07, 6.45) is 1.68. The minimum absolute atomic E-state index is 0.125. The van der Waals surface area contributed by atoms with Crippen LogP contribution in [-0.2, 0) is 17.8 Å². The van der Waals surface area contributed by atoms with Crippen molar-refractivity contribution < 1.29 is 14.0 Å². The number of amides is 2. The zero-order chi connectivity index (χ0) is 24.2. The molecular formula is C26H25ClN4O3. The molecule has 7 nitrogen and oxygen atoms in total. The van der Waals surface area contributed by atoms with E-state index >= 15 is 0 Å². The van der Waals surface area contributed by atoms with Gasteiger partial charge in [-0.25, -0.2) is 4.68 Å². The van der Waals surface area contributed by atoms with E-state index in [1.54, 1.807) is 47.3 Å². The van der Waals surface area contributed by atoms with Crippen molar-refractivity contribution in [1.82, 2.24) is 15.1 Å². The van der Waals surface area contributed by atoms with E-state index < -0.39 is 0 Å². The third kappa shape index (κ3) is 5.05. The molecule has 8 heteroatoms. The van der Waals surface area contributed by atoms with Gasteiger partial charge in [-0.1, -0.05) is 29.8 Å². The van der Waals surface area contributed by atoms with Gasteiger partial charge in [0, 0.05) is 16.3 Å². The Morgan fingerprint density at radius 2 is 1.85 bits per heavy atom. The molecular weight excluding hydrogens is 452 g/mol. The summed E-state index contributed by atoms with van der Waals surface area (Å²) in [6, 6.07) is 16.2. The van der Waals surface area contributed by atoms with Gasteiger partial charge in [-0.15, -0.1) is 0 Å². The lowest BCUT2D eigenvalue weighted by atomic mass is 10.1. The van der Waals surface area contributed by atoms with Crippen molar-refractivity contribution in [3.8, 4) is 5.69 Å². The first-order chi connectivity index (χ1) is 16.3. The SMILES string of the molecule is Cc1ccc(-n2nc(C)c(CC(=O)Nc3ccccc3C(=O)NCc3ccco3)c2C)cc1Cl. The van der Waals surface area contributed by atoms with Gasteiger partial charge in [0.15, 0.2) is 0 Å². The molecule has 0 aliphatic rings. The maximum Gasteiger partial charge on any atom is 0.253 e. The summed E-state index contributed by atoms with van der Waals surface area (Å²) >= 11 is 6.29. The van der Waals surface area contributed by atoms with Crippen LogP contribution in [0.15, 0.2) is 65.3 Å². The highest BCUT2D eigenvalue weighted by Gasteiger charge is 2.18. The maximum atomic E-state index is 12.9. The molecule has 2 aromatic carbocycles. The molecule has 0 aliphatic heterocycles. The highest BCUT2D eigenvalue weighted by molar-refractivity contribution is 6.31. The van der Waals surface area contributed by atoms with E-state index in [9.17, 15) is 9.59 Å². The van der Waals surface area contributed by atoms with Gasteiger partial charge < -0.3 is 15.1 Å². The van der Waals surface area contributed by atoms with Crippen LogP contribution in [0.4, 0.5) is 5.69 Å². The minimum Gasteiger partial charge on any atom is -0.467 e. The second kappa shape index (κ2) is 9.97. The molecule has 2 heterocycles. The molecule has 4 rings (SSSR count). The van der Waals surface area contributed by atoms with Crippen LogP contribution in [0.5, 0.6) is 0 Å². The Hall–Kier alpha value is -3.84. The average Bonchev–Trinajstić information content (AvgIpc) is 3.43. The molecule has 0 saturated carbocycles. The zero-order valence-corrected chi connectivity index (χ0v) is 19.9. The number of aromatic nitrogens is 2. The van der Waals surface area contributed by atoms with E-state index in [2.05, 4.69) is 15.7 Å². The summed E-state index contributed by atoms with van der Waals surface area (Å²) in [6.45, 7) is 6.00. The number of hydrogen-bond donors (Lipinski definition) is 2. The van der Waals surface area contributed by atoms with Crippen molar-refractivity contribution in [1.29, 1.82) is 0 Å². The molecule has 0 unspecified atom stereocenters. The van der Waals surface area contributed by atoms with E-state index in [1.807, 2.05) is 39.0 Å². The summed E-state index contributed by atoms with van der Waals surface area (Å²) in [5, 5.41) is 10.9. The van der Waals surface area contributed by atoms with Crippen LogP contribution < -0.4 is 10.6 Å². The average molecular weight is 477 g/mol.